The van der Waals surface area contributed by atoms with Crippen LogP contribution in [0.2, 0.25) is 0 Å². The first-order valence-electron chi connectivity index (χ1n) is 10.7. The first-order valence-corrected chi connectivity index (χ1v) is 10.7. The molecule has 0 aromatic heterocycles. The van der Waals surface area contributed by atoms with Gasteiger partial charge >= 0.3 is 0 Å². The minimum atomic E-state index is 1.20. The van der Waals surface area contributed by atoms with Crippen LogP contribution in [0.1, 0.15) is 27.8 Å². The van der Waals surface area contributed by atoms with Crippen LogP contribution in [0.5, 0.6) is 0 Å². The average Bonchev–Trinajstić information content (AvgIpc) is 2.82. The van der Waals surface area contributed by atoms with E-state index in [4.69, 9.17) is 0 Å². The van der Waals surface area contributed by atoms with Crippen molar-refractivity contribution in [3.63, 3.8) is 0 Å². The van der Waals surface area contributed by atoms with Crippen LogP contribution >= 0.6 is 0 Å². The second-order valence-corrected chi connectivity index (χ2v) is 8.05. The summed E-state index contributed by atoms with van der Waals surface area (Å²) in [5.74, 6) is 0. The van der Waals surface area contributed by atoms with Gasteiger partial charge in [-0.15, -0.1) is 0 Å². The van der Waals surface area contributed by atoms with Crippen LogP contribution in [0.25, 0.3) is 45.8 Å². The van der Waals surface area contributed by atoms with Gasteiger partial charge in [0.05, 0.1) is 0 Å². The van der Waals surface area contributed by atoms with E-state index in [0.717, 1.165) is 0 Å². The van der Waals surface area contributed by atoms with Crippen molar-refractivity contribution >= 4 is 45.8 Å². The van der Waals surface area contributed by atoms with Crippen molar-refractivity contribution in [1.82, 2.24) is 0 Å². The molecule has 0 aliphatic heterocycles. The van der Waals surface area contributed by atoms with E-state index in [1.165, 1.54) is 49.4 Å². The summed E-state index contributed by atoms with van der Waals surface area (Å²) in [4.78, 5) is 0. The topological polar surface area (TPSA) is 0 Å². The Balaban J connectivity index is 1.30. The maximum Gasteiger partial charge on any atom is -0.0178 e. The van der Waals surface area contributed by atoms with E-state index in [1.807, 2.05) is 0 Å². The highest BCUT2D eigenvalue weighted by Crippen LogP contribution is 2.20. The average molecular weight is 397 g/mol. The highest BCUT2D eigenvalue weighted by molar-refractivity contribution is 5.87. The smallest absolute Gasteiger partial charge is 0.0178 e. The van der Waals surface area contributed by atoms with E-state index in [9.17, 15) is 0 Å². The third kappa shape index (κ3) is 4.49. The van der Waals surface area contributed by atoms with Gasteiger partial charge in [-0.05, 0) is 62.9 Å². The van der Waals surface area contributed by atoms with Gasteiger partial charge in [0.15, 0.2) is 0 Å². The van der Waals surface area contributed by atoms with Crippen molar-refractivity contribution in [1.29, 1.82) is 0 Å². The Bertz CT molecular complexity index is 1420. The Hall–Kier alpha value is -3.90. The van der Waals surface area contributed by atoms with Crippen LogP contribution in [-0.2, 0) is 0 Å². The molecule has 148 valence electrons. The molecule has 0 heterocycles. The molecule has 5 aromatic carbocycles. The predicted molar refractivity (Wildman–Crippen MR) is 137 cm³/mol. The molecule has 31 heavy (non-hydrogen) atoms. The summed E-state index contributed by atoms with van der Waals surface area (Å²) in [7, 11) is 0. The minimum absolute atomic E-state index is 1.20. The summed E-state index contributed by atoms with van der Waals surface area (Å²) in [6, 6.07) is 36.9. The quantitative estimate of drug-likeness (QED) is 0.267. The summed E-state index contributed by atoms with van der Waals surface area (Å²) in [5.41, 5.74) is 6.13. The Kier molecular flexibility index (Phi) is 5.21. The van der Waals surface area contributed by atoms with Gasteiger partial charge in [0.2, 0.25) is 0 Å². The highest BCUT2D eigenvalue weighted by Gasteiger charge is 1.96. The van der Waals surface area contributed by atoms with Gasteiger partial charge in [-0.1, -0.05) is 121 Å². The van der Waals surface area contributed by atoms with Crippen LogP contribution in [0, 0.1) is 6.92 Å². The van der Waals surface area contributed by atoms with E-state index in [0.29, 0.717) is 0 Å². The maximum atomic E-state index is 2.24. The van der Waals surface area contributed by atoms with Crippen LogP contribution in [0.3, 0.4) is 0 Å². The molecule has 0 N–H and O–H groups in total. The SMILES string of the molecule is Cc1ccc2cc(/C=C/c3ccc(/C=C/c4ccc5ccccc5c4)cc3)ccc2c1. The molecular weight excluding hydrogens is 372 g/mol. The van der Waals surface area contributed by atoms with Crippen molar-refractivity contribution in [3.05, 3.63) is 131 Å². The molecule has 0 radical (unpaired) electrons. The van der Waals surface area contributed by atoms with Gasteiger partial charge in [0.1, 0.15) is 0 Å². The molecule has 0 unspecified atom stereocenters. The summed E-state index contributed by atoms with van der Waals surface area (Å²) < 4.78 is 0. The van der Waals surface area contributed by atoms with E-state index in [-0.39, 0.29) is 0 Å². The van der Waals surface area contributed by atoms with E-state index in [1.54, 1.807) is 0 Å². The zero-order valence-corrected chi connectivity index (χ0v) is 17.6. The molecular formula is C31H24. The lowest BCUT2D eigenvalue weighted by Crippen LogP contribution is -1.79. The number of fused-ring (bicyclic) bond motifs is 2. The van der Waals surface area contributed by atoms with E-state index < -0.39 is 0 Å². The Labute approximate surface area is 183 Å². The number of hydrogen-bond donors (Lipinski definition) is 0. The van der Waals surface area contributed by atoms with E-state index >= 15 is 0 Å². The normalized spacial score (nSPS) is 11.8. The summed E-state index contributed by atoms with van der Waals surface area (Å²) in [6.07, 6.45) is 8.70. The van der Waals surface area contributed by atoms with Crippen molar-refractivity contribution in [3.8, 4) is 0 Å². The molecule has 0 aliphatic rings. The van der Waals surface area contributed by atoms with Gasteiger partial charge in [0, 0.05) is 0 Å². The van der Waals surface area contributed by atoms with Crippen molar-refractivity contribution < 1.29 is 0 Å². The minimum Gasteiger partial charge on any atom is -0.0616 e. The summed E-state index contributed by atoms with van der Waals surface area (Å²) >= 11 is 0. The lowest BCUT2D eigenvalue weighted by atomic mass is 10.0. The molecule has 0 heteroatoms. The zero-order chi connectivity index (χ0) is 21.0. The monoisotopic (exact) mass is 396 g/mol. The lowest BCUT2D eigenvalue weighted by Gasteiger charge is -2.02. The first-order chi connectivity index (χ1) is 15.2. The highest BCUT2D eigenvalue weighted by atomic mass is 14.0. The molecule has 0 saturated heterocycles. The number of rotatable bonds is 4. The van der Waals surface area contributed by atoms with Gasteiger partial charge in [-0.2, -0.15) is 0 Å². The number of hydrogen-bond acceptors (Lipinski definition) is 0. The fourth-order valence-electron chi connectivity index (χ4n) is 3.90. The molecule has 0 fully saturated rings. The molecule has 0 atom stereocenters. The molecule has 5 aromatic rings. The molecule has 0 spiro atoms. The van der Waals surface area contributed by atoms with Crippen molar-refractivity contribution in [2.45, 2.75) is 6.92 Å². The number of benzene rings is 5. The maximum absolute atomic E-state index is 2.24. The lowest BCUT2D eigenvalue weighted by molar-refractivity contribution is 1.50. The molecule has 0 aliphatic carbocycles. The van der Waals surface area contributed by atoms with Gasteiger partial charge < -0.3 is 0 Å². The Morgan fingerprint density at radius 3 is 1.45 bits per heavy atom. The van der Waals surface area contributed by atoms with Crippen molar-refractivity contribution in [2.75, 3.05) is 0 Å². The summed E-state index contributed by atoms with van der Waals surface area (Å²) in [6.45, 7) is 2.13. The number of aryl methyl sites for hydroxylation is 1. The predicted octanol–water partition coefficient (Wildman–Crippen LogP) is 8.64. The second kappa shape index (κ2) is 8.45. The largest absolute Gasteiger partial charge is 0.0616 e. The van der Waals surface area contributed by atoms with Crippen LogP contribution in [-0.4, -0.2) is 0 Å². The fourth-order valence-corrected chi connectivity index (χ4v) is 3.90. The first kappa shape index (κ1) is 19.1. The third-order valence-corrected chi connectivity index (χ3v) is 5.67. The molecule has 0 amide bonds. The van der Waals surface area contributed by atoms with Crippen LogP contribution in [0.15, 0.2) is 103 Å². The molecule has 0 saturated carbocycles. The standard InChI is InChI=1S/C31H24/c1-23-6-17-31-22-27(16-19-30(31)20-23)14-12-25-9-7-24(8-10-25)11-13-26-15-18-28-4-2-3-5-29(28)21-26/h2-22H,1H3/b13-11+,14-12+. The van der Waals surface area contributed by atoms with E-state index in [2.05, 4.69) is 134 Å². The van der Waals surface area contributed by atoms with Gasteiger partial charge in [-0.25, -0.2) is 0 Å². The van der Waals surface area contributed by atoms with Gasteiger partial charge in [-0.3, -0.25) is 0 Å². The van der Waals surface area contributed by atoms with Crippen molar-refractivity contribution in [2.24, 2.45) is 0 Å². The Morgan fingerprint density at radius 2 is 0.806 bits per heavy atom. The molecule has 0 bridgehead atoms. The second-order valence-electron chi connectivity index (χ2n) is 8.05. The Morgan fingerprint density at radius 1 is 0.387 bits per heavy atom. The molecule has 0 nitrogen and oxygen atoms in total. The third-order valence-electron chi connectivity index (χ3n) is 5.67. The zero-order valence-electron chi connectivity index (χ0n) is 17.6. The fraction of sp³-hybridized carbons (Fsp3) is 0.0323. The molecule has 5 rings (SSSR count). The summed E-state index contributed by atoms with van der Waals surface area (Å²) in [5, 5.41) is 5.12. The van der Waals surface area contributed by atoms with Crippen LogP contribution in [0.4, 0.5) is 0 Å². The van der Waals surface area contributed by atoms with Gasteiger partial charge in [0.25, 0.3) is 0 Å². The van der Waals surface area contributed by atoms with Crippen LogP contribution < -0.4 is 0 Å².